The van der Waals surface area contributed by atoms with Gasteiger partial charge in [0.2, 0.25) is 0 Å². The maximum Gasteiger partial charge on any atom is 0.341 e. The third-order valence-corrected chi connectivity index (χ3v) is 3.67. The van der Waals surface area contributed by atoms with Gasteiger partial charge in [-0.2, -0.15) is 0 Å². The number of carbonyl (C=O) groups is 1. The Labute approximate surface area is 115 Å². The van der Waals surface area contributed by atoms with Crippen LogP contribution in [0.25, 0.3) is 0 Å². The summed E-state index contributed by atoms with van der Waals surface area (Å²) >= 11 is 1.62. The first-order chi connectivity index (χ1) is 9.10. The van der Waals surface area contributed by atoms with Gasteiger partial charge in [0, 0.05) is 10.6 Å². The molecule has 2 rings (SSSR count). The van der Waals surface area contributed by atoms with Gasteiger partial charge in [-0.1, -0.05) is 0 Å². The molecule has 4 nitrogen and oxygen atoms in total. The minimum absolute atomic E-state index is 0.370. The van der Waals surface area contributed by atoms with Crippen LogP contribution < -0.4 is 5.73 Å². The van der Waals surface area contributed by atoms with Gasteiger partial charge in [-0.25, -0.2) is 4.79 Å². The van der Waals surface area contributed by atoms with Crippen LogP contribution in [0, 0.1) is 6.92 Å². The number of esters is 1. The number of hydrogen-bond acceptors (Lipinski definition) is 5. The fraction of sp³-hybridized carbons (Fsp3) is 0.214. The summed E-state index contributed by atoms with van der Waals surface area (Å²) < 4.78 is 10.2. The lowest BCUT2D eigenvalue weighted by atomic mass is 10.2. The van der Waals surface area contributed by atoms with E-state index in [0.717, 1.165) is 16.3 Å². The van der Waals surface area contributed by atoms with Crippen LogP contribution in [0.5, 0.6) is 0 Å². The van der Waals surface area contributed by atoms with Crippen molar-refractivity contribution < 1.29 is 13.9 Å². The van der Waals surface area contributed by atoms with Gasteiger partial charge in [-0.05, 0) is 37.3 Å². The molecule has 0 saturated carbocycles. The Bertz CT molecular complexity index is 575. The van der Waals surface area contributed by atoms with Crippen molar-refractivity contribution in [2.75, 3.05) is 12.8 Å². The Kier molecular flexibility index (Phi) is 4.16. The van der Waals surface area contributed by atoms with Crippen molar-refractivity contribution in [2.45, 2.75) is 17.6 Å². The highest BCUT2D eigenvalue weighted by Crippen LogP contribution is 2.26. The van der Waals surface area contributed by atoms with Crippen LogP contribution in [0.3, 0.4) is 0 Å². The van der Waals surface area contributed by atoms with E-state index in [0.29, 0.717) is 17.1 Å². The number of aryl methyl sites for hydroxylation is 1. The Morgan fingerprint density at radius 3 is 2.68 bits per heavy atom. The molecule has 0 aliphatic carbocycles. The van der Waals surface area contributed by atoms with Gasteiger partial charge in [0.1, 0.15) is 17.1 Å². The number of ether oxygens (including phenoxy) is 1. The number of thioether (sulfide) groups is 1. The number of methoxy groups -OCH3 is 1. The standard InChI is InChI=1S/C14H15NO3S/c1-9-13(14(16)17-2)7-11(18-9)8-19-12-5-3-10(15)4-6-12/h3-7H,8,15H2,1-2H3. The van der Waals surface area contributed by atoms with Gasteiger partial charge < -0.3 is 14.9 Å². The number of nitrogen functional groups attached to an aromatic ring is 1. The molecule has 0 radical (unpaired) electrons. The fourth-order valence-electron chi connectivity index (χ4n) is 1.65. The van der Waals surface area contributed by atoms with Gasteiger partial charge in [0.15, 0.2) is 0 Å². The van der Waals surface area contributed by atoms with Crippen LogP contribution in [0.4, 0.5) is 5.69 Å². The van der Waals surface area contributed by atoms with Crippen LogP contribution in [-0.4, -0.2) is 13.1 Å². The molecule has 0 aliphatic heterocycles. The van der Waals surface area contributed by atoms with E-state index in [1.54, 1.807) is 24.8 Å². The van der Waals surface area contributed by atoms with Gasteiger partial charge in [0.25, 0.3) is 0 Å². The maximum absolute atomic E-state index is 11.5. The maximum atomic E-state index is 11.5. The third kappa shape index (κ3) is 3.32. The first kappa shape index (κ1) is 13.5. The Hall–Kier alpha value is -1.88. The number of anilines is 1. The zero-order valence-electron chi connectivity index (χ0n) is 10.8. The summed E-state index contributed by atoms with van der Waals surface area (Å²) in [6.45, 7) is 1.75. The number of carbonyl (C=O) groups excluding carboxylic acids is 1. The van der Waals surface area contributed by atoms with Crippen molar-refractivity contribution in [1.82, 2.24) is 0 Å². The molecule has 0 aliphatic rings. The van der Waals surface area contributed by atoms with E-state index in [1.807, 2.05) is 24.3 Å². The second-order valence-electron chi connectivity index (χ2n) is 4.03. The smallest absolute Gasteiger partial charge is 0.341 e. The number of benzene rings is 1. The van der Waals surface area contributed by atoms with Gasteiger partial charge in [0.05, 0.1) is 12.9 Å². The van der Waals surface area contributed by atoms with Crippen LogP contribution in [0.15, 0.2) is 39.6 Å². The largest absolute Gasteiger partial charge is 0.465 e. The minimum atomic E-state index is -0.370. The summed E-state index contributed by atoms with van der Waals surface area (Å²) in [4.78, 5) is 12.6. The summed E-state index contributed by atoms with van der Waals surface area (Å²) in [5, 5.41) is 0. The molecule has 1 heterocycles. The summed E-state index contributed by atoms with van der Waals surface area (Å²) in [6, 6.07) is 9.35. The monoisotopic (exact) mass is 277 g/mol. The van der Waals surface area contributed by atoms with E-state index >= 15 is 0 Å². The van der Waals surface area contributed by atoms with Crippen molar-refractivity contribution in [2.24, 2.45) is 0 Å². The van der Waals surface area contributed by atoms with Crippen molar-refractivity contribution in [1.29, 1.82) is 0 Å². The zero-order chi connectivity index (χ0) is 13.8. The van der Waals surface area contributed by atoms with Gasteiger partial charge >= 0.3 is 5.97 Å². The average Bonchev–Trinajstić information content (AvgIpc) is 2.78. The molecule has 100 valence electrons. The Morgan fingerprint density at radius 1 is 1.37 bits per heavy atom. The highest BCUT2D eigenvalue weighted by Gasteiger charge is 2.15. The predicted octanol–water partition coefficient (Wildman–Crippen LogP) is 3.25. The zero-order valence-corrected chi connectivity index (χ0v) is 11.6. The second-order valence-corrected chi connectivity index (χ2v) is 5.08. The topological polar surface area (TPSA) is 65.5 Å². The molecule has 0 fully saturated rings. The predicted molar refractivity (Wildman–Crippen MR) is 75.2 cm³/mol. The molecule has 0 amide bonds. The van der Waals surface area contributed by atoms with E-state index in [1.165, 1.54) is 7.11 Å². The van der Waals surface area contributed by atoms with Gasteiger partial charge in [-0.3, -0.25) is 0 Å². The molecule has 5 heteroatoms. The lowest BCUT2D eigenvalue weighted by Crippen LogP contribution is -2.00. The molecule has 2 aromatic rings. The summed E-state index contributed by atoms with van der Waals surface area (Å²) in [5.74, 6) is 1.62. The number of furan rings is 1. The normalized spacial score (nSPS) is 10.4. The van der Waals surface area contributed by atoms with Crippen LogP contribution in [-0.2, 0) is 10.5 Å². The molecule has 1 aromatic heterocycles. The first-order valence-electron chi connectivity index (χ1n) is 5.76. The Morgan fingerprint density at radius 2 is 2.05 bits per heavy atom. The van der Waals surface area contributed by atoms with E-state index in [4.69, 9.17) is 10.2 Å². The fourth-order valence-corrected chi connectivity index (χ4v) is 2.43. The molecule has 0 saturated heterocycles. The molecule has 0 unspecified atom stereocenters. The first-order valence-corrected chi connectivity index (χ1v) is 6.74. The number of rotatable bonds is 4. The van der Waals surface area contributed by atoms with E-state index in [-0.39, 0.29) is 5.97 Å². The van der Waals surface area contributed by atoms with E-state index < -0.39 is 0 Å². The molecule has 0 bridgehead atoms. The third-order valence-electron chi connectivity index (χ3n) is 2.64. The quantitative estimate of drug-likeness (QED) is 0.528. The van der Waals surface area contributed by atoms with Crippen molar-refractivity contribution in [3.05, 3.63) is 47.4 Å². The van der Waals surface area contributed by atoms with Crippen LogP contribution >= 0.6 is 11.8 Å². The highest BCUT2D eigenvalue weighted by atomic mass is 32.2. The van der Waals surface area contributed by atoms with Crippen LogP contribution in [0.2, 0.25) is 0 Å². The average molecular weight is 277 g/mol. The number of nitrogens with two attached hydrogens (primary N) is 1. The summed E-state index contributed by atoms with van der Waals surface area (Å²) in [5.41, 5.74) is 6.85. The van der Waals surface area contributed by atoms with Crippen LogP contribution in [0.1, 0.15) is 21.9 Å². The molecule has 19 heavy (non-hydrogen) atoms. The van der Waals surface area contributed by atoms with E-state index in [2.05, 4.69) is 4.74 Å². The summed E-state index contributed by atoms with van der Waals surface area (Å²) in [6.07, 6.45) is 0. The van der Waals surface area contributed by atoms with Crippen molar-refractivity contribution in [3.63, 3.8) is 0 Å². The molecular formula is C14H15NO3S. The second kappa shape index (κ2) is 5.84. The van der Waals surface area contributed by atoms with Gasteiger partial charge in [-0.15, -0.1) is 11.8 Å². The molecular weight excluding hydrogens is 262 g/mol. The van der Waals surface area contributed by atoms with Crippen molar-refractivity contribution >= 4 is 23.4 Å². The molecule has 0 spiro atoms. The van der Waals surface area contributed by atoms with Crippen molar-refractivity contribution in [3.8, 4) is 0 Å². The number of hydrogen-bond donors (Lipinski definition) is 1. The molecule has 1 aromatic carbocycles. The minimum Gasteiger partial charge on any atom is -0.465 e. The summed E-state index contributed by atoms with van der Waals surface area (Å²) in [7, 11) is 1.36. The Balaban J connectivity index is 2.04. The SMILES string of the molecule is COC(=O)c1cc(CSc2ccc(N)cc2)oc1C. The molecule has 2 N–H and O–H groups in total. The lowest BCUT2D eigenvalue weighted by molar-refractivity contribution is 0.0599. The lowest BCUT2D eigenvalue weighted by Gasteiger charge is -1.99. The van der Waals surface area contributed by atoms with E-state index in [9.17, 15) is 4.79 Å². The highest BCUT2D eigenvalue weighted by molar-refractivity contribution is 7.98. The molecule has 0 atom stereocenters.